The predicted molar refractivity (Wildman–Crippen MR) is 97.4 cm³/mol. The van der Waals surface area contributed by atoms with Gasteiger partial charge in [0.05, 0.1) is 18.1 Å². The van der Waals surface area contributed by atoms with Crippen LogP contribution in [0.5, 0.6) is 0 Å². The van der Waals surface area contributed by atoms with E-state index in [9.17, 15) is 14.3 Å². The van der Waals surface area contributed by atoms with E-state index in [0.717, 1.165) is 11.1 Å². The highest BCUT2D eigenvalue weighted by molar-refractivity contribution is 5.80. The van der Waals surface area contributed by atoms with E-state index in [1.165, 1.54) is 12.1 Å². The van der Waals surface area contributed by atoms with Crippen LogP contribution in [0.4, 0.5) is 4.39 Å². The van der Waals surface area contributed by atoms with Crippen molar-refractivity contribution in [3.05, 3.63) is 71.5 Å². The molecule has 3 N–H and O–H groups in total. The first-order chi connectivity index (χ1) is 12.6. The molecular weight excluding hydrogens is 333 g/mol. The lowest BCUT2D eigenvalue weighted by atomic mass is 9.93. The Morgan fingerprint density at radius 3 is 2.77 bits per heavy atom. The number of nitrogens with one attached hydrogen (secondary N) is 2. The van der Waals surface area contributed by atoms with Gasteiger partial charge in [-0.2, -0.15) is 0 Å². The number of carbonyl (C=O) groups excluding carboxylic acids is 1. The Balaban J connectivity index is 1.60. The van der Waals surface area contributed by atoms with E-state index in [-0.39, 0.29) is 23.7 Å². The Kier molecular flexibility index (Phi) is 5.98. The number of aliphatic hydroxyl groups is 1. The molecule has 3 rings (SSSR count). The molecule has 1 aliphatic heterocycles. The Morgan fingerprint density at radius 1 is 1.27 bits per heavy atom. The van der Waals surface area contributed by atoms with Gasteiger partial charge in [0.1, 0.15) is 5.82 Å². The second kappa shape index (κ2) is 8.40. The third-order valence-electron chi connectivity index (χ3n) is 4.81. The van der Waals surface area contributed by atoms with Crippen LogP contribution < -0.4 is 10.9 Å². The zero-order valence-corrected chi connectivity index (χ0v) is 14.7. The molecular formula is C20H24FN3O2. The Morgan fingerprint density at radius 2 is 2.04 bits per heavy atom. The second-order valence-electron chi connectivity index (χ2n) is 6.64. The molecule has 1 amide bonds. The number of hydrazine groups is 1. The molecule has 1 aliphatic rings. The quantitative estimate of drug-likeness (QED) is 0.741. The summed E-state index contributed by atoms with van der Waals surface area (Å²) in [6, 6.07) is 15.4. The Bertz CT molecular complexity index is 741. The summed E-state index contributed by atoms with van der Waals surface area (Å²) in [6.07, 6.45) is -0.143. The van der Waals surface area contributed by atoms with Crippen LogP contribution in [0.25, 0.3) is 0 Å². The molecule has 0 spiro atoms. The zero-order chi connectivity index (χ0) is 18.5. The van der Waals surface area contributed by atoms with Gasteiger partial charge in [-0.15, -0.1) is 0 Å². The van der Waals surface area contributed by atoms with E-state index < -0.39 is 6.10 Å². The molecule has 2 aromatic carbocycles. The summed E-state index contributed by atoms with van der Waals surface area (Å²) < 4.78 is 13.5. The molecule has 1 fully saturated rings. The SMILES string of the molecule is CN(CCC(O)c1ccccc1)C(=O)C1CNNC1c1cccc(F)c1. The monoisotopic (exact) mass is 357 g/mol. The lowest BCUT2D eigenvalue weighted by molar-refractivity contribution is -0.134. The predicted octanol–water partition coefficient (Wildman–Crippen LogP) is 2.17. The van der Waals surface area contributed by atoms with Crippen LogP contribution in [-0.4, -0.2) is 36.1 Å². The third-order valence-corrected chi connectivity index (χ3v) is 4.81. The minimum atomic E-state index is -0.606. The molecule has 3 atom stereocenters. The van der Waals surface area contributed by atoms with Crippen molar-refractivity contribution in [2.24, 2.45) is 5.92 Å². The number of aliphatic hydroxyl groups excluding tert-OH is 1. The van der Waals surface area contributed by atoms with Crippen LogP contribution in [0.1, 0.15) is 29.7 Å². The summed E-state index contributed by atoms with van der Waals surface area (Å²) in [6.45, 7) is 0.923. The molecule has 5 nitrogen and oxygen atoms in total. The van der Waals surface area contributed by atoms with E-state index in [1.54, 1.807) is 18.0 Å². The molecule has 0 aromatic heterocycles. The average molecular weight is 357 g/mol. The number of hydrogen-bond donors (Lipinski definition) is 3. The smallest absolute Gasteiger partial charge is 0.228 e. The lowest BCUT2D eigenvalue weighted by Gasteiger charge is -2.25. The number of hydrogen-bond acceptors (Lipinski definition) is 4. The van der Waals surface area contributed by atoms with Gasteiger partial charge in [0.25, 0.3) is 0 Å². The number of nitrogens with zero attached hydrogens (tertiary/aromatic N) is 1. The van der Waals surface area contributed by atoms with Crippen molar-refractivity contribution in [2.45, 2.75) is 18.6 Å². The van der Waals surface area contributed by atoms with Gasteiger partial charge in [0.2, 0.25) is 5.91 Å². The molecule has 1 heterocycles. The summed E-state index contributed by atoms with van der Waals surface area (Å²) in [7, 11) is 1.74. The fourth-order valence-corrected chi connectivity index (χ4v) is 3.29. The maximum Gasteiger partial charge on any atom is 0.228 e. The van der Waals surface area contributed by atoms with Gasteiger partial charge in [0.15, 0.2) is 0 Å². The van der Waals surface area contributed by atoms with Crippen molar-refractivity contribution in [1.29, 1.82) is 0 Å². The van der Waals surface area contributed by atoms with Crippen molar-refractivity contribution in [3.63, 3.8) is 0 Å². The average Bonchev–Trinajstić information content (AvgIpc) is 3.15. The fourth-order valence-electron chi connectivity index (χ4n) is 3.29. The van der Waals surface area contributed by atoms with E-state index in [2.05, 4.69) is 10.9 Å². The van der Waals surface area contributed by atoms with Crippen molar-refractivity contribution in [2.75, 3.05) is 20.1 Å². The van der Waals surface area contributed by atoms with Gasteiger partial charge in [0, 0.05) is 20.1 Å². The molecule has 1 saturated heterocycles. The van der Waals surface area contributed by atoms with Crippen molar-refractivity contribution < 1.29 is 14.3 Å². The Hall–Kier alpha value is -2.28. The molecule has 0 aliphatic carbocycles. The number of rotatable bonds is 6. The van der Waals surface area contributed by atoms with Crippen LogP contribution in [0.2, 0.25) is 0 Å². The first-order valence-corrected chi connectivity index (χ1v) is 8.78. The maximum absolute atomic E-state index is 13.5. The third kappa shape index (κ3) is 4.27. The summed E-state index contributed by atoms with van der Waals surface area (Å²) in [4.78, 5) is 14.5. The van der Waals surface area contributed by atoms with E-state index in [0.29, 0.717) is 19.5 Å². The number of carbonyl (C=O) groups is 1. The van der Waals surface area contributed by atoms with Crippen LogP contribution in [0.3, 0.4) is 0 Å². The van der Waals surface area contributed by atoms with Crippen molar-refractivity contribution in [1.82, 2.24) is 15.8 Å². The molecule has 0 bridgehead atoms. The van der Waals surface area contributed by atoms with E-state index >= 15 is 0 Å². The van der Waals surface area contributed by atoms with Gasteiger partial charge in [-0.3, -0.25) is 10.2 Å². The van der Waals surface area contributed by atoms with Crippen molar-refractivity contribution >= 4 is 5.91 Å². The normalized spacial score (nSPS) is 20.7. The summed E-state index contributed by atoms with van der Waals surface area (Å²) in [5.41, 5.74) is 7.65. The van der Waals surface area contributed by atoms with Crippen molar-refractivity contribution in [3.8, 4) is 0 Å². The minimum absolute atomic E-state index is 0.0305. The zero-order valence-electron chi connectivity index (χ0n) is 14.7. The van der Waals surface area contributed by atoms with Crippen LogP contribution >= 0.6 is 0 Å². The standard InChI is InChI=1S/C20H24FN3O2/c1-24(11-10-18(25)14-6-3-2-4-7-14)20(26)17-13-22-23-19(17)15-8-5-9-16(21)12-15/h2-9,12,17-19,22-23,25H,10-11,13H2,1H3. The molecule has 2 aromatic rings. The largest absolute Gasteiger partial charge is 0.388 e. The highest BCUT2D eigenvalue weighted by Gasteiger charge is 2.35. The first kappa shape index (κ1) is 18.5. The molecule has 0 saturated carbocycles. The number of benzene rings is 2. The van der Waals surface area contributed by atoms with Gasteiger partial charge in [-0.25, -0.2) is 9.82 Å². The molecule has 3 unspecified atom stereocenters. The lowest BCUT2D eigenvalue weighted by Crippen LogP contribution is -2.37. The summed E-state index contributed by atoms with van der Waals surface area (Å²) in [5.74, 6) is -0.672. The number of halogens is 1. The first-order valence-electron chi connectivity index (χ1n) is 8.78. The maximum atomic E-state index is 13.5. The van der Waals surface area contributed by atoms with Crippen LogP contribution in [-0.2, 0) is 4.79 Å². The second-order valence-corrected chi connectivity index (χ2v) is 6.64. The van der Waals surface area contributed by atoms with Gasteiger partial charge >= 0.3 is 0 Å². The van der Waals surface area contributed by atoms with Crippen LogP contribution in [0.15, 0.2) is 54.6 Å². The van der Waals surface area contributed by atoms with Gasteiger partial charge in [-0.05, 0) is 29.7 Å². The highest BCUT2D eigenvalue weighted by atomic mass is 19.1. The molecule has 6 heteroatoms. The summed E-state index contributed by atoms with van der Waals surface area (Å²) in [5, 5.41) is 10.3. The molecule has 26 heavy (non-hydrogen) atoms. The summed E-state index contributed by atoms with van der Waals surface area (Å²) >= 11 is 0. The van der Waals surface area contributed by atoms with Gasteiger partial charge in [-0.1, -0.05) is 42.5 Å². The Labute approximate surface area is 152 Å². The fraction of sp³-hybridized carbons (Fsp3) is 0.350. The number of amides is 1. The molecule has 138 valence electrons. The minimum Gasteiger partial charge on any atom is -0.388 e. The van der Waals surface area contributed by atoms with E-state index in [4.69, 9.17) is 0 Å². The van der Waals surface area contributed by atoms with Crippen LogP contribution in [0, 0.1) is 11.7 Å². The van der Waals surface area contributed by atoms with Gasteiger partial charge < -0.3 is 10.0 Å². The molecule has 0 radical (unpaired) electrons. The topological polar surface area (TPSA) is 64.6 Å². The highest BCUT2D eigenvalue weighted by Crippen LogP contribution is 2.27. The van der Waals surface area contributed by atoms with E-state index in [1.807, 2.05) is 36.4 Å².